The molecule has 1 amide bonds. The predicted octanol–water partition coefficient (Wildman–Crippen LogP) is 4.16. The van der Waals surface area contributed by atoms with E-state index in [2.05, 4.69) is 11.6 Å². The minimum Gasteiger partial charge on any atom is -0.312 e. The van der Waals surface area contributed by atoms with Crippen molar-refractivity contribution in [2.75, 3.05) is 11.4 Å². The lowest BCUT2D eigenvalue weighted by atomic mass is 10.1. The second kappa shape index (κ2) is 9.20. The second-order valence-electron chi connectivity index (χ2n) is 7.85. The molecule has 1 aromatic carbocycles. The van der Waals surface area contributed by atoms with Crippen LogP contribution < -0.4 is 9.62 Å². The van der Waals surface area contributed by atoms with Gasteiger partial charge in [-0.3, -0.25) is 4.79 Å². The third-order valence-electron chi connectivity index (χ3n) is 5.73. The summed E-state index contributed by atoms with van der Waals surface area (Å²) in [5, 5.41) is 0. The summed E-state index contributed by atoms with van der Waals surface area (Å²) in [7, 11) is -3.48. The molecule has 0 bridgehead atoms. The van der Waals surface area contributed by atoms with Crippen LogP contribution in [0.3, 0.4) is 0 Å². The van der Waals surface area contributed by atoms with Crippen molar-refractivity contribution in [3.8, 4) is 0 Å². The first kappa shape index (κ1) is 20.3. The topological polar surface area (TPSA) is 66.5 Å². The molecule has 1 fully saturated rings. The minimum atomic E-state index is -3.48. The van der Waals surface area contributed by atoms with Crippen molar-refractivity contribution in [3.05, 3.63) is 23.8 Å². The summed E-state index contributed by atoms with van der Waals surface area (Å²) in [6, 6.07) is 5.26. The van der Waals surface area contributed by atoms with Gasteiger partial charge in [0.2, 0.25) is 15.9 Å². The fraction of sp³-hybridized carbons (Fsp3) is 0.667. The lowest BCUT2D eigenvalue weighted by Gasteiger charge is -2.18. The van der Waals surface area contributed by atoms with Gasteiger partial charge in [0.15, 0.2) is 0 Å². The van der Waals surface area contributed by atoms with Gasteiger partial charge in [-0.05, 0) is 49.4 Å². The van der Waals surface area contributed by atoms with E-state index in [9.17, 15) is 13.2 Å². The summed E-state index contributed by atoms with van der Waals surface area (Å²) in [4.78, 5) is 14.7. The van der Waals surface area contributed by atoms with Crippen molar-refractivity contribution in [2.45, 2.75) is 88.5 Å². The Kier molecular flexibility index (Phi) is 6.93. The van der Waals surface area contributed by atoms with Gasteiger partial charge in [-0.2, -0.15) is 0 Å². The van der Waals surface area contributed by atoms with Gasteiger partial charge in [0.1, 0.15) is 0 Å². The van der Waals surface area contributed by atoms with Crippen molar-refractivity contribution in [3.63, 3.8) is 0 Å². The van der Waals surface area contributed by atoms with Gasteiger partial charge >= 0.3 is 0 Å². The lowest BCUT2D eigenvalue weighted by Crippen LogP contribution is -2.32. The van der Waals surface area contributed by atoms with Gasteiger partial charge in [-0.25, -0.2) is 13.1 Å². The number of nitrogens with one attached hydrogen (secondary N) is 1. The molecule has 5 nitrogen and oxygen atoms in total. The largest absolute Gasteiger partial charge is 0.312 e. The standard InChI is InChI=1S/C21H32N2O3S/c1-2-3-4-5-6-11-21(24)23-15-14-17-16-19(12-13-20(17)23)27(25,26)22-18-9-7-8-10-18/h12-13,16,18,22H,2-11,14-15H2,1H3. The average Bonchev–Trinajstić information content (AvgIpc) is 3.29. The van der Waals surface area contributed by atoms with E-state index in [-0.39, 0.29) is 11.9 Å². The third-order valence-corrected chi connectivity index (χ3v) is 7.25. The first-order chi connectivity index (χ1) is 13.0. The van der Waals surface area contributed by atoms with E-state index in [1.54, 1.807) is 18.2 Å². The van der Waals surface area contributed by atoms with E-state index in [0.29, 0.717) is 17.9 Å². The van der Waals surface area contributed by atoms with Crippen molar-refractivity contribution < 1.29 is 13.2 Å². The number of nitrogens with zero attached hydrogens (tertiary/aromatic N) is 1. The van der Waals surface area contributed by atoms with Crippen LogP contribution in [0.4, 0.5) is 5.69 Å². The molecule has 1 aromatic rings. The van der Waals surface area contributed by atoms with E-state index in [4.69, 9.17) is 0 Å². The number of unbranched alkanes of at least 4 members (excludes halogenated alkanes) is 4. The summed E-state index contributed by atoms with van der Waals surface area (Å²) < 4.78 is 28.1. The first-order valence-electron chi connectivity index (χ1n) is 10.5. The molecule has 6 heteroatoms. The van der Waals surface area contributed by atoms with Crippen LogP contribution in [0.2, 0.25) is 0 Å². The zero-order valence-corrected chi connectivity index (χ0v) is 17.2. The molecule has 27 heavy (non-hydrogen) atoms. The lowest BCUT2D eigenvalue weighted by molar-refractivity contribution is -0.118. The van der Waals surface area contributed by atoms with Crippen LogP contribution in [-0.4, -0.2) is 26.9 Å². The fourth-order valence-corrected chi connectivity index (χ4v) is 5.51. The number of anilines is 1. The molecular weight excluding hydrogens is 360 g/mol. The molecule has 2 aliphatic rings. The third kappa shape index (κ3) is 5.11. The van der Waals surface area contributed by atoms with E-state index in [0.717, 1.165) is 56.2 Å². The van der Waals surface area contributed by atoms with Crippen LogP contribution in [-0.2, 0) is 21.2 Å². The molecule has 0 saturated heterocycles. The molecule has 0 atom stereocenters. The summed E-state index contributed by atoms with van der Waals surface area (Å²) in [6.07, 6.45) is 11.0. The van der Waals surface area contributed by atoms with Gasteiger partial charge < -0.3 is 4.90 Å². The Morgan fingerprint density at radius 3 is 2.63 bits per heavy atom. The van der Waals surface area contributed by atoms with Crippen LogP contribution in [0.15, 0.2) is 23.1 Å². The highest BCUT2D eigenvalue weighted by Crippen LogP contribution is 2.31. The molecule has 1 heterocycles. The van der Waals surface area contributed by atoms with E-state index in [1.165, 1.54) is 19.3 Å². The molecule has 0 unspecified atom stereocenters. The van der Waals surface area contributed by atoms with Gasteiger partial charge in [-0.1, -0.05) is 45.4 Å². The van der Waals surface area contributed by atoms with Crippen LogP contribution in [0.5, 0.6) is 0 Å². The Labute approximate surface area is 163 Å². The predicted molar refractivity (Wildman–Crippen MR) is 108 cm³/mol. The number of carbonyl (C=O) groups excluding carboxylic acids is 1. The molecule has 3 rings (SSSR count). The molecule has 0 spiro atoms. The maximum Gasteiger partial charge on any atom is 0.240 e. The highest BCUT2D eigenvalue weighted by molar-refractivity contribution is 7.89. The Hall–Kier alpha value is -1.40. The molecule has 1 aliphatic carbocycles. The quantitative estimate of drug-likeness (QED) is 0.642. The molecule has 1 N–H and O–H groups in total. The summed E-state index contributed by atoms with van der Waals surface area (Å²) in [5.74, 6) is 0.157. The van der Waals surface area contributed by atoms with E-state index < -0.39 is 10.0 Å². The molecule has 1 saturated carbocycles. The van der Waals surface area contributed by atoms with Gasteiger partial charge in [0, 0.05) is 24.7 Å². The van der Waals surface area contributed by atoms with Gasteiger partial charge in [-0.15, -0.1) is 0 Å². The van der Waals surface area contributed by atoms with Gasteiger partial charge in [0.25, 0.3) is 0 Å². The first-order valence-corrected chi connectivity index (χ1v) is 11.9. The number of hydrogen-bond acceptors (Lipinski definition) is 3. The summed E-state index contributed by atoms with van der Waals surface area (Å²) in [5.41, 5.74) is 1.84. The van der Waals surface area contributed by atoms with Crippen molar-refractivity contribution in [1.82, 2.24) is 4.72 Å². The minimum absolute atomic E-state index is 0.0639. The van der Waals surface area contributed by atoms with Crippen LogP contribution in [0.25, 0.3) is 0 Å². The normalized spacial score (nSPS) is 17.4. The molecule has 150 valence electrons. The Morgan fingerprint density at radius 1 is 1.15 bits per heavy atom. The van der Waals surface area contributed by atoms with Crippen molar-refractivity contribution in [1.29, 1.82) is 0 Å². The van der Waals surface area contributed by atoms with E-state index >= 15 is 0 Å². The number of amides is 1. The Morgan fingerprint density at radius 2 is 1.89 bits per heavy atom. The number of hydrogen-bond donors (Lipinski definition) is 1. The SMILES string of the molecule is CCCCCCCC(=O)N1CCc2cc(S(=O)(=O)NC3CCCC3)ccc21. The smallest absolute Gasteiger partial charge is 0.240 e. The molecule has 0 aromatic heterocycles. The van der Waals surface area contributed by atoms with Crippen molar-refractivity contribution >= 4 is 21.6 Å². The van der Waals surface area contributed by atoms with Crippen LogP contribution >= 0.6 is 0 Å². The molecule has 0 radical (unpaired) electrons. The number of rotatable bonds is 9. The van der Waals surface area contributed by atoms with Crippen molar-refractivity contribution in [2.24, 2.45) is 0 Å². The number of carbonyl (C=O) groups is 1. The second-order valence-corrected chi connectivity index (χ2v) is 9.57. The monoisotopic (exact) mass is 392 g/mol. The zero-order chi connectivity index (χ0) is 19.3. The highest BCUT2D eigenvalue weighted by Gasteiger charge is 2.28. The number of benzene rings is 1. The fourth-order valence-electron chi connectivity index (χ4n) is 4.15. The summed E-state index contributed by atoms with van der Waals surface area (Å²) >= 11 is 0. The van der Waals surface area contributed by atoms with Gasteiger partial charge in [0.05, 0.1) is 4.90 Å². The number of fused-ring (bicyclic) bond motifs is 1. The maximum absolute atomic E-state index is 12.6. The Bertz CT molecular complexity index is 755. The zero-order valence-electron chi connectivity index (χ0n) is 16.4. The summed E-state index contributed by atoms with van der Waals surface area (Å²) in [6.45, 7) is 2.84. The molecule has 1 aliphatic heterocycles. The number of sulfonamides is 1. The Balaban J connectivity index is 1.62. The van der Waals surface area contributed by atoms with E-state index in [1.807, 2.05) is 4.90 Å². The van der Waals surface area contributed by atoms with Crippen LogP contribution in [0, 0.1) is 0 Å². The highest BCUT2D eigenvalue weighted by atomic mass is 32.2. The molecular formula is C21H32N2O3S. The average molecular weight is 393 g/mol. The van der Waals surface area contributed by atoms with Crippen LogP contribution in [0.1, 0.15) is 76.7 Å². The maximum atomic E-state index is 12.6.